The fraction of sp³-hybridized carbons (Fsp3) is 0.412. The van der Waals surface area contributed by atoms with Gasteiger partial charge in [0.1, 0.15) is 0 Å². The molecule has 0 aliphatic heterocycles. The van der Waals surface area contributed by atoms with Gasteiger partial charge in [0.2, 0.25) is 6.41 Å². The molecule has 0 bridgehead atoms. The SMILES string of the molecule is CC.CNC=O.Cc1cc(C)c2nc(C)cc(C)c2c1. The summed E-state index contributed by atoms with van der Waals surface area (Å²) >= 11 is 0. The van der Waals surface area contributed by atoms with Crippen molar-refractivity contribution >= 4 is 17.3 Å². The number of carbonyl (C=O) groups is 1. The minimum Gasteiger partial charge on any atom is -0.362 e. The van der Waals surface area contributed by atoms with Gasteiger partial charge in [-0.2, -0.15) is 0 Å². The number of rotatable bonds is 1. The molecule has 1 heterocycles. The highest BCUT2D eigenvalue weighted by atomic mass is 16.1. The Morgan fingerprint density at radius 1 is 1.00 bits per heavy atom. The van der Waals surface area contributed by atoms with E-state index in [1.165, 1.54) is 22.1 Å². The molecule has 0 radical (unpaired) electrons. The highest BCUT2D eigenvalue weighted by Crippen LogP contribution is 2.22. The van der Waals surface area contributed by atoms with Crippen LogP contribution in [0.2, 0.25) is 0 Å². The molecule has 0 spiro atoms. The lowest BCUT2D eigenvalue weighted by Crippen LogP contribution is -1.98. The van der Waals surface area contributed by atoms with Crippen LogP contribution < -0.4 is 5.32 Å². The maximum atomic E-state index is 9.06. The number of fused-ring (bicyclic) bond motifs is 1. The molecule has 1 aromatic carbocycles. The summed E-state index contributed by atoms with van der Waals surface area (Å²) in [5.74, 6) is 0. The van der Waals surface area contributed by atoms with Gasteiger partial charge in [-0.25, -0.2) is 0 Å². The molecule has 0 unspecified atom stereocenters. The molecule has 0 fully saturated rings. The summed E-state index contributed by atoms with van der Waals surface area (Å²) in [6, 6.07) is 6.54. The molecule has 1 N–H and O–H groups in total. The molecule has 2 rings (SSSR count). The van der Waals surface area contributed by atoms with Gasteiger partial charge in [0.25, 0.3) is 0 Å². The van der Waals surface area contributed by atoms with Gasteiger partial charge in [-0.3, -0.25) is 9.78 Å². The molecular formula is C17H26N2O. The second-order valence-corrected chi connectivity index (χ2v) is 4.47. The fourth-order valence-corrected chi connectivity index (χ4v) is 2.01. The van der Waals surface area contributed by atoms with Crippen LogP contribution in [-0.2, 0) is 4.79 Å². The van der Waals surface area contributed by atoms with Crippen LogP contribution in [-0.4, -0.2) is 18.4 Å². The van der Waals surface area contributed by atoms with Crippen LogP contribution in [0.3, 0.4) is 0 Å². The van der Waals surface area contributed by atoms with E-state index in [-0.39, 0.29) is 0 Å². The van der Waals surface area contributed by atoms with E-state index in [0.717, 1.165) is 11.2 Å². The fourth-order valence-electron chi connectivity index (χ4n) is 2.01. The number of carbonyl (C=O) groups excluding carboxylic acids is 1. The summed E-state index contributed by atoms with van der Waals surface area (Å²) < 4.78 is 0. The molecule has 1 amide bonds. The largest absolute Gasteiger partial charge is 0.362 e. The molecule has 0 aliphatic rings. The number of benzene rings is 1. The van der Waals surface area contributed by atoms with Gasteiger partial charge in [0.15, 0.2) is 0 Å². The van der Waals surface area contributed by atoms with Crippen LogP contribution in [0.25, 0.3) is 10.9 Å². The van der Waals surface area contributed by atoms with Crippen molar-refractivity contribution in [2.24, 2.45) is 0 Å². The first-order valence-corrected chi connectivity index (χ1v) is 6.95. The Morgan fingerprint density at radius 3 is 2.05 bits per heavy atom. The van der Waals surface area contributed by atoms with Gasteiger partial charge in [0.05, 0.1) is 5.52 Å². The van der Waals surface area contributed by atoms with E-state index < -0.39 is 0 Å². The summed E-state index contributed by atoms with van der Waals surface area (Å²) in [7, 11) is 1.56. The molecule has 20 heavy (non-hydrogen) atoms. The second-order valence-electron chi connectivity index (χ2n) is 4.47. The molecule has 110 valence electrons. The van der Waals surface area contributed by atoms with Crippen molar-refractivity contribution in [1.29, 1.82) is 0 Å². The summed E-state index contributed by atoms with van der Waals surface area (Å²) in [5, 5.41) is 3.54. The number of hydrogen-bond donors (Lipinski definition) is 1. The Morgan fingerprint density at radius 2 is 1.55 bits per heavy atom. The summed E-state index contributed by atoms with van der Waals surface area (Å²) in [4.78, 5) is 13.6. The third kappa shape index (κ3) is 5.00. The van der Waals surface area contributed by atoms with E-state index in [0.29, 0.717) is 6.41 Å². The third-order valence-corrected chi connectivity index (χ3v) is 2.70. The topological polar surface area (TPSA) is 42.0 Å². The molecule has 3 nitrogen and oxygen atoms in total. The molecule has 0 atom stereocenters. The van der Waals surface area contributed by atoms with E-state index in [1.54, 1.807) is 7.05 Å². The van der Waals surface area contributed by atoms with Crippen LogP contribution >= 0.6 is 0 Å². The Hall–Kier alpha value is -1.90. The van der Waals surface area contributed by atoms with Crippen molar-refractivity contribution in [3.63, 3.8) is 0 Å². The van der Waals surface area contributed by atoms with E-state index in [4.69, 9.17) is 4.79 Å². The maximum absolute atomic E-state index is 9.06. The normalized spacial score (nSPS) is 8.95. The predicted octanol–water partition coefficient (Wildman–Crippen LogP) is 3.86. The Balaban J connectivity index is 0.000000521. The Kier molecular flexibility index (Phi) is 8.21. The van der Waals surface area contributed by atoms with Gasteiger partial charge >= 0.3 is 0 Å². The van der Waals surface area contributed by atoms with Gasteiger partial charge in [-0.15, -0.1) is 0 Å². The van der Waals surface area contributed by atoms with Gasteiger partial charge < -0.3 is 5.32 Å². The van der Waals surface area contributed by atoms with Crippen LogP contribution in [0.15, 0.2) is 18.2 Å². The molecule has 0 saturated heterocycles. The highest BCUT2D eigenvalue weighted by Gasteiger charge is 2.03. The number of aromatic nitrogens is 1. The zero-order valence-electron chi connectivity index (χ0n) is 13.7. The number of hydrogen-bond acceptors (Lipinski definition) is 2. The third-order valence-electron chi connectivity index (χ3n) is 2.70. The predicted molar refractivity (Wildman–Crippen MR) is 87.2 cm³/mol. The van der Waals surface area contributed by atoms with E-state index in [1.807, 2.05) is 20.8 Å². The van der Waals surface area contributed by atoms with Crippen LogP contribution in [0.1, 0.15) is 36.2 Å². The minimum atomic E-state index is 0.625. The van der Waals surface area contributed by atoms with Gasteiger partial charge in [-0.05, 0) is 51.0 Å². The average molecular weight is 274 g/mol. The first kappa shape index (κ1) is 18.1. The standard InChI is InChI=1S/C13H15N.C2H5NO.C2H6/c1-8-5-10(3)13-12(6-8)9(2)7-11(4)14-13;1-3-2-4;1-2/h5-7H,1-4H3;2H,1H3,(H,3,4);1-2H3. The van der Waals surface area contributed by atoms with E-state index in [2.05, 4.69) is 49.3 Å². The summed E-state index contributed by atoms with van der Waals surface area (Å²) in [5.41, 5.74) is 6.14. The maximum Gasteiger partial charge on any atom is 0.206 e. The molecule has 1 aromatic heterocycles. The number of nitrogens with zero attached hydrogens (tertiary/aromatic N) is 1. The second kappa shape index (κ2) is 9.08. The average Bonchev–Trinajstić information content (AvgIpc) is 2.43. The molecule has 0 saturated carbocycles. The lowest BCUT2D eigenvalue weighted by Gasteiger charge is -2.07. The van der Waals surface area contributed by atoms with Crippen molar-refractivity contribution in [1.82, 2.24) is 10.3 Å². The van der Waals surface area contributed by atoms with Crippen molar-refractivity contribution in [2.75, 3.05) is 7.05 Å². The summed E-state index contributed by atoms with van der Waals surface area (Å²) in [6.07, 6.45) is 0.625. The zero-order valence-corrected chi connectivity index (χ0v) is 13.7. The first-order valence-electron chi connectivity index (χ1n) is 6.95. The van der Waals surface area contributed by atoms with Gasteiger partial charge in [0, 0.05) is 18.1 Å². The smallest absolute Gasteiger partial charge is 0.206 e. The van der Waals surface area contributed by atoms with E-state index >= 15 is 0 Å². The van der Waals surface area contributed by atoms with Crippen LogP contribution in [0.5, 0.6) is 0 Å². The Labute approximate surface area is 122 Å². The lowest BCUT2D eigenvalue weighted by atomic mass is 10.0. The van der Waals surface area contributed by atoms with Crippen LogP contribution in [0.4, 0.5) is 0 Å². The van der Waals surface area contributed by atoms with Crippen LogP contribution in [0, 0.1) is 27.7 Å². The first-order chi connectivity index (χ1) is 9.49. The molecule has 2 aromatic rings. The molecular weight excluding hydrogens is 248 g/mol. The number of amides is 1. The molecule has 0 aliphatic carbocycles. The Bertz CT molecular complexity index is 515. The van der Waals surface area contributed by atoms with Crippen molar-refractivity contribution in [3.8, 4) is 0 Å². The minimum absolute atomic E-state index is 0.625. The van der Waals surface area contributed by atoms with Crippen molar-refractivity contribution in [3.05, 3.63) is 40.6 Å². The highest BCUT2D eigenvalue weighted by molar-refractivity contribution is 5.85. The molecule has 3 heteroatoms. The van der Waals surface area contributed by atoms with Crippen molar-refractivity contribution < 1.29 is 4.79 Å². The van der Waals surface area contributed by atoms with E-state index in [9.17, 15) is 0 Å². The zero-order chi connectivity index (χ0) is 15.7. The lowest BCUT2D eigenvalue weighted by molar-refractivity contribution is -0.109. The quantitative estimate of drug-likeness (QED) is 0.802. The number of nitrogens with one attached hydrogen (secondary N) is 1. The van der Waals surface area contributed by atoms with Gasteiger partial charge in [-0.1, -0.05) is 25.5 Å². The number of aryl methyl sites for hydroxylation is 4. The van der Waals surface area contributed by atoms with Crippen molar-refractivity contribution in [2.45, 2.75) is 41.5 Å². The number of pyridine rings is 1. The summed E-state index contributed by atoms with van der Waals surface area (Å²) in [6.45, 7) is 12.5. The monoisotopic (exact) mass is 274 g/mol.